The molecule has 0 aromatic heterocycles. The van der Waals surface area contributed by atoms with E-state index >= 15 is 0 Å². The Morgan fingerprint density at radius 3 is 2.61 bits per heavy atom. The van der Waals surface area contributed by atoms with Crippen LogP contribution in [0.1, 0.15) is 50.7 Å². The molecule has 1 aliphatic rings. The zero-order valence-electron chi connectivity index (χ0n) is 10.7. The third-order valence-corrected chi connectivity index (χ3v) is 4.05. The van der Waals surface area contributed by atoms with Crippen molar-refractivity contribution in [2.24, 2.45) is 5.92 Å². The zero-order chi connectivity index (χ0) is 13.0. The highest BCUT2D eigenvalue weighted by atomic mass is 79.9. The highest BCUT2D eigenvalue weighted by Gasteiger charge is 2.30. The molecule has 1 saturated heterocycles. The maximum atomic E-state index is 11.9. The van der Waals surface area contributed by atoms with Crippen molar-refractivity contribution in [3.63, 3.8) is 0 Å². The van der Waals surface area contributed by atoms with E-state index in [0.717, 1.165) is 42.1 Å². The first-order chi connectivity index (χ1) is 8.70. The molecule has 0 bridgehead atoms. The topological polar surface area (TPSA) is 26.3 Å². The summed E-state index contributed by atoms with van der Waals surface area (Å²) < 4.78 is 6.62. The minimum atomic E-state index is -0.0523. The van der Waals surface area contributed by atoms with Crippen LogP contribution in [-0.2, 0) is 9.53 Å². The van der Waals surface area contributed by atoms with Gasteiger partial charge < -0.3 is 4.74 Å². The van der Waals surface area contributed by atoms with Gasteiger partial charge in [-0.15, -0.1) is 0 Å². The lowest BCUT2D eigenvalue weighted by Crippen LogP contribution is -2.26. The summed E-state index contributed by atoms with van der Waals surface area (Å²) in [5.74, 6) is 0.110. The lowest BCUT2D eigenvalue weighted by Gasteiger charge is -2.28. The summed E-state index contributed by atoms with van der Waals surface area (Å²) in [5.41, 5.74) is 1.10. The van der Waals surface area contributed by atoms with Gasteiger partial charge in [0, 0.05) is 4.47 Å². The van der Waals surface area contributed by atoms with Gasteiger partial charge in [-0.25, -0.2) is 0 Å². The molecule has 2 unspecified atom stereocenters. The molecule has 0 N–H and O–H groups in total. The van der Waals surface area contributed by atoms with Gasteiger partial charge >= 0.3 is 5.97 Å². The average Bonchev–Trinajstić information content (AvgIpc) is 2.38. The van der Waals surface area contributed by atoms with E-state index in [1.54, 1.807) is 0 Å². The van der Waals surface area contributed by atoms with E-state index in [9.17, 15) is 4.79 Å². The van der Waals surface area contributed by atoms with Crippen LogP contribution in [0.25, 0.3) is 0 Å². The first-order valence-electron chi connectivity index (χ1n) is 6.66. The second-order valence-electron chi connectivity index (χ2n) is 4.89. The molecule has 1 heterocycles. The Kier molecular flexibility index (Phi) is 4.81. The highest BCUT2D eigenvalue weighted by molar-refractivity contribution is 9.10. The van der Waals surface area contributed by atoms with Crippen molar-refractivity contribution in [3.05, 3.63) is 34.3 Å². The Morgan fingerprint density at radius 1 is 1.28 bits per heavy atom. The zero-order valence-corrected chi connectivity index (χ0v) is 12.3. The number of ether oxygens (including phenoxy) is 1. The van der Waals surface area contributed by atoms with Crippen LogP contribution in [0.3, 0.4) is 0 Å². The monoisotopic (exact) mass is 310 g/mol. The van der Waals surface area contributed by atoms with Crippen LogP contribution in [0.4, 0.5) is 0 Å². The molecule has 0 amide bonds. The van der Waals surface area contributed by atoms with Crippen LogP contribution in [0.2, 0.25) is 0 Å². The Morgan fingerprint density at radius 2 is 2.00 bits per heavy atom. The van der Waals surface area contributed by atoms with Crippen molar-refractivity contribution in [1.29, 1.82) is 0 Å². The van der Waals surface area contributed by atoms with Crippen LogP contribution in [-0.4, -0.2) is 5.97 Å². The molecule has 0 saturated carbocycles. The van der Waals surface area contributed by atoms with Crippen LogP contribution in [0.5, 0.6) is 0 Å². The second-order valence-corrected chi connectivity index (χ2v) is 5.81. The number of carbonyl (C=O) groups excluding carboxylic acids is 1. The minimum Gasteiger partial charge on any atom is -0.457 e. The third-order valence-electron chi connectivity index (χ3n) is 3.52. The Labute approximate surface area is 117 Å². The van der Waals surface area contributed by atoms with E-state index in [4.69, 9.17) is 4.74 Å². The summed E-state index contributed by atoms with van der Waals surface area (Å²) in [4.78, 5) is 11.9. The molecule has 1 aromatic rings. The summed E-state index contributed by atoms with van der Waals surface area (Å²) in [6, 6.07) is 8.03. The molecule has 0 aliphatic carbocycles. The molecule has 98 valence electrons. The first-order valence-corrected chi connectivity index (χ1v) is 7.46. The molecule has 3 heteroatoms. The largest absolute Gasteiger partial charge is 0.457 e. The lowest BCUT2D eigenvalue weighted by atomic mass is 9.90. The number of cyclic esters (lactones) is 1. The number of rotatable bonds is 4. The normalized spacial score (nSPS) is 23.8. The molecule has 1 aromatic carbocycles. The fourth-order valence-corrected chi connectivity index (χ4v) is 2.65. The molecule has 2 nitrogen and oxygen atoms in total. The molecule has 1 fully saturated rings. The summed E-state index contributed by atoms with van der Waals surface area (Å²) >= 11 is 3.41. The SMILES string of the molecule is CCCCC1CCC(c2ccc(Br)cc2)OC1=O. The van der Waals surface area contributed by atoms with Crippen molar-refractivity contribution in [1.82, 2.24) is 0 Å². The fraction of sp³-hybridized carbons (Fsp3) is 0.533. The molecular formula is C15H19BrO2. The maximum Gasteiger partial charge on any atom is 0.309 e. The van der Waals surface area contributed by atoms with Gasteiger partial charge in [0.05, 0.1) is 5.92 Å². The predicted molar refractivity (Wildman–Crippen MR) is 75.2 cm³/mol. The van der Waals surface area contributed by atoms with Gasteiger partial charge in [0.25, 0.3) is 0 Å². The van der Waals surface area contributed by atoms with Gasteiger partial charge in [-0.05, 0) is 37.0 Å². The van der Waals surface area contributed by atoms with Crippen molar-refractivity contribution in [2.75, 3.05) is 0 Å². The summed E-state index contributed by atoms with van der Waals surface area (Å²) in [6.07, 6.45) is 5.08. The van der Waals surface area contributed by atoms with Gasteiger partial charge in [0.1, 0.15) is 6.10 Å². The second kappa shape index (κ2) is 6.37. The summed E-state index contributed by atoms with van der Waals surface area (Å²) in [6.45, 7) is 2.15. The Balaban J connectivity index is 1.95. The molecule has 18 heavy (non-hydrogen) atoms. The van der Waals surface area contributed by atoms with Crippen LogP contribution < -0.4 is 0 Å². The lowest BCUT2D eigenvalue weighted by molar-refractivity contribution is -0.161. The number of carbonyl (C=O) groups is 1. The molecule has 0 spiro atoms. The number of unbranched alkanes of at least 4 members (excludes halogenated alkanes) is 1. The summed E-state index contributed by atoms with van der Waals surface area (Å²) in [5, 5.41) is 0. The van der Waals surface area contributed by atoms with E-state index in [-0.39, 0.29) is 18.0 Å². The molecule has 2 rings (SSSR count). The Hall–Kier alpha value is -0.830. The molecular weight excluding hydrogens is 292 g/mol. The van der Waals surface area contributed by atoms with Crippen LogP contribution in [0.15, 0.2) is 28.7 Å². The first kappa shape index (κ1) is 13.6. The fourth-order valence-electron chi connectivity index (χ4n) is 2.39. The van der Waals surface area contributed by atoms with E-state index < -0.39 is 0 Å². The number of halogens is 1. The van der Waals surface area contributed by atoms with E-state index in [1.165, 1.54) is 0 Å². The number of hydrogen-bond acceptors (Lipinski definition) is 2. The van der Waals surface area contributed by atoms with Crippen molar-refractivity contribution < 1.29 is 9.53 Å². The van der Waals surface area contributed by atoms with Crippen LogP contribution >= 0.6 is 15.9 Å². The average molecular weight is 311 g/mol. The Bertz CT molecular complexity index is 399. The standard InChI is InChI=1S/C15H19BrO2/c1-2-3-4-12-7-10-14(18-15(12)17)11-5-8-13(16)9-6-11/h5-6,8-9,12,14H,2-4,7,10H2,1H3. The smallest absolute Gasteiger partial charge is 0.309 e. The van der Waals surface area contributed by atoms with Gasteiger partial charge in [-0.1, -0.05) is 47.8 Å². The van der Waals surface area contributed by atoms with Gasteiger partial charge in [-0.2, -0.15) is 0 Å². The van der Waals surface area contributed by atoms with Crippen LogP contribution in [0, 0.1) is 5.92 Å². The number of benzene rings is 1. The predicted octanol–water partition coefficient (Wildman–Crippen LogP) is 4.63. The van der Waals surface area contributed by atoms with Gasteiger partial charge in [-0.3, -0.25) is 4.79 Å². The molecule has 1 aliphatic heterocycles. The van der Waals surface area contributed by atoms with Gasteiger partial charge in [0.15, 0.2) is 0 Å². The van der Waals surface area contributed by atoms with E-state index in [0.29, 0.717) is 0 Å². The quantitative estimate of drug-likeness (QED) is 0.758. The van der Waals surface area contributed by atoms with Crippen molar-refractivity contribution in [2.45, 2.75) is 45.1 Å². The van der Waals surface area contributed by atoms with E-state index in [2.05, 4.69) is 22.9 Å². The van der Waals surface area contributed by atoms with Crippen molar-refractivity contribution >= 4 is 21.9 Å². The molecule has 2 atom stereocenters. The highest BCUT2D eigenvalue weighted by Crippen LogP contribution is 2.33. The summed E-state index contributed by atoms with van der Waals surface area (Å²) in [7, 11) is 0. The number of hydrogen-bond donors (Lipinski definition) is 0. The minimum absolute atomic E-state index is 0.0115. The molecule has 0 radical (unpaired) electrons. The van der Waals surface area contributed by atoms with Gasteiger partial charge in [0.2, 0.25) is 0 Å². The maximum absolute atomic E-state index is 11.9. The van der Waals surface area contributed by atoms with E-state index in [1.807, 2.05) is 24.3 Å². The van der Waals surface area contributed by atoms with Crippen molar-refractivity contribution in [3.8, 4) is 0 Å². The third kappa shape index (κ3) is 3.35. The number of esters is 1.